The van der Waals surface area contributed by atoms with Crippen LogP contribution in [0, 0.1) is 0 Å². The summed E-state index contributed by atoms with van der Waals surface area (Å²) in [6, 6.07) is 25.2. The second kappa shape index (κ2) is 10.4. The van der Waals surface area contributed by atoms with Crippen LogP contribution in [0.2, 0.25) is 5.02 Å². The summed E-state index contributed by atoms with van der Waals surface area (Å²) in [5.74, 6) is 0.548. The van der Waals surface area contributed by atoms with E-state index in [0.29, 0.717) is 26.6 Å². The maximum atomic E-state index is 13.4. The van der Waals surface area contributed by atoms with Crippen LogP contribution in [0.5, 0.6) is 5.75 Å². The van der Waals surface area contributed by atoms with E-state index in [2.05, 4.69) is 31.9 Å². The van der Waals surface area contributed by atoms with Gasteiger partial charge in [0.2, 0.25) is 0 Å². The summed E-state index contributed by atoms with van der Waals surface area (Å²) in [6.45, 7) is 0.400. The molecule has 0 bridgehead atoms. The third kappa shape index (κ3) is 5.20. The lowest BCUT2D eigenvalue weighted by molar-refractivity contribution is -0.113. The highest BCUT2D eigenvalue weighted by molar-refractivity contribution is 9.11. The number of anilines is 1. The number of carbonyl (C=O) groups is 1. The van der Waals surface area contributed by atoms with Crippen molar-refractivity contribution in [3.05, 3.63) is 109 Å². The average Bonchev–Trinajstić information content (AvgIpc) is 3.11. The summed E-state index contributed by atoms with van der Waals surface area (Å²) < 4.78 is 8.08. The van der Waals surface area contributed by atoms with Gasteiger partial charge >= 0.3 is 0 Å². The number of carbonyl (C=O) groups excluding carboxylic acids is 1. The number of thioether (sulfide) groups is 1. The molecular formula is C27H16Br2ClNO2S2. The number of benzene rings is 4. The molecule has 1 saturated heterocycles. The van der Waals surface area contributed by atoms with E-state index in [1.807, 2.05) is 84.9 Å². The zero-order valence-electron chi connectivity index (χ0n) is 18.0. The minimum atomic E-state index is -0.133. The van der Waals surface area contributed by atoms with Crippen molar-refractivity contribution >= 4 is 100 Å². The van der Waals surface area contributed by atoms with E-state index in [0.717, 1.165) is 36.5 Å². The topological polar surface area (TPSA) is 29.5 Å². The van der Waals surface area contributed by atoms with Gasteiger partial charge in [0, 0.05) is 10.4 Å². The van der Waals surface area contributed by atoms with E-state index in [1.54, 1.807) is 4.90 Å². The van der Waals surface area contributed by atoms with Gasteiger partial charge in [-0.15, -0.1) is 0 Å². The summed E-state index contributed by atoms with van der Waals surface area (Å²) in [7, 11) is 0. The molecule has 1 aliphatic heterocycles. The molecule has 1 aliphatic rings. The number of hydrogen-bond donors (Lipinski definition) is 0. The van der Waals surface area contributed by atoms with Crippen molar-refractivity contribution < 1.29 is 9.53 Å². The molecule has 0 atom stereocenters. The number of hydrogen-bond acceptors (Lipinski definition) is 4. The van der Waals surface area contributed by atoms with Gasteiger partial charge in [0.1, 0.15) is 12.4 Å². The number of amides is 1. The second-order valence-electron chi connectivity index (χ2n) is 7.74. The largest absolute Gasteiger partial charge is 0.487 e. The fraction of sp³-hybridized carbons (Fsp3) is 0.0370. The smallest absolute Gasteiger partial charge is 0.270 e. The molecule has 0 radical (unpaired) electrons. The van der Waals surface area contributed by atoms with Gasteiger partial charge in [-0.3, -0.25) is 9.69 Å². The molecule has 0 unspecified atom stereocenters. The first-order valence-corrected chi connectivity index (χ1v) is 13.7. The number of nitrogens with zero attached hydrogens (tertiary/aromatic N) is 1. The highest BCUT2D eigenvalue weighted by atomic mass is 79.9. The van der Waals surface area contributed by atoms with Crippen LogP contribution >= 0.6 is 67.4 Å². The standard InChI is InChI=1S/C27H16Br2ClNO2S2/c28-21-12-17(13-22(29)25(21)33-15-16-8-10-19(30)11-9-16)14-24-26(32)31(27(34)35-24)23-7-3-5-18-4-1-2-6-20(18)23/h1-14H,15H2/b24-14-. The molecule has 174 valence electrons. The lowest BCUT2D eigenvalue weighted by Crippen LogP contribution is -2.27. The van der Waals surface area contributed by atoms with Crippen LogP contribution in [0.4, 0.5) is 5.69 Å². The van der Waals surface area contributed by atoms with E-state index in [9.17, 15) is 4.79 Å². The van der Waals surface area contributed by atoms with Crippen LogP contribution in [-0.4, -0.2) is 10.2 Å². The number of halogens is 3. The maximum absolute atomic E-state index is 13.4. The summed E-state index contributed by atoms with van der Waals surface area (Å²) in [6.07, 6.45) is 1.85. The number of rotatable bonds is 5. The Balaban J connectivity index is 1.40. The van der Waals surface area contributed by atoms with E-state index < -0.39 is 0 Å². The average molecular weight is 646 g/mol. The first kappa shape index (κ1) is 24.5. The minimum Gasteiger partial charge on any atom is -0.487 e. The van der Waals surface area contributed by atoms with E-state index in [-0.39, 0.29) is 5.91 Å². The predicted octanol–water partition coefficient (Wildman–Crippen LogP) is 9.00. The Labute approximate surface area is 234 Å². The first-order chi connectivity index (χ1) is 16.9. The molecule has 1 amide bonds. The molecule has 0 spiro atoms. The Kier molecular flexibility index (Phi) is 7.32. The van der Waals surface area contributed by atoms with Gasteiger partial charge in [0.25, 0.3) is 5.91 Å². The van der Waals surface area contributed by atoms with Gasteiger partial charge in [-0.2, -0.15) is 0 Å². The van der Waals surface area contributed by atoms with Crippen molar-refractivity contribution in [1.82, 2.24) is 0 Å². The number of thiocarbonyl (C=S) groups is 1. The highest BCUT2D eigenvalue weighted by Crippen LogP contribution is 2.41. The fourth-order valence-corrected chi connectivity index (χ4v) is 6.63. The molecule has 5 rings (SSSR count). The molecule has 1 heterocycles. The Morgan fingerprint density at radius 1 is 0.971 bits per heavy atom. The van der Waals surface area contributed by atoms with Gasteiger partial charge < -0.3 is 4.74 Å². The normalized spacial score (nSPS) is 14.8. The summed E-state index contributed by atoms with van der Waals surface area (Å²) in [5.41, 5.74) is 2.65. The van der Waals surface area contributed by atoms with Crippen molar-refractivity contribution in [2.45, 2.75) is 6.61 Å². The van der Waals surface area contributed by atoms with E-state index >= 15 is 0 Å². The number of fused-ring (bicyclic) bond motifs is 1. The van der Waals surface area contributed by atoms with Crippen molar-refractivity contribution in [1.29, 1.82) is 0 Å². The van der Waals surface area contributed by atoms with Gasteiger partial charge in [-0.05, 0) is 84.8 Å². The van der Waals surface area contributed by atoms with Crippen LogP contribution in [0.15, 0.2) is 92.7 Å². The molecule has 0 N–H and O–H groups in total. The number of ether oxygens (including phenoxy) is 1. The maximum Gasteiger partial charge on any atom is 0.270 e. The van der Waals surface area contributed by atoms with Crippen LogP contribution in [0.3, 0.4) is 0 Å². The lowest BCUT2D eigenvalue weighted by atomic mass is 10.1. The van der Waals surface area contributed by atoms with Gasteiger partial charge in [-0.1, -0.05) is 84.1 Å². The third-order valence-corrected chi connectivity index (χ3v) is 8.15. The van der Waals surface area contributed by atoms with Gasteiger partial charge in [0.05, 0.1) is 19.5 Å². The van der Waals surface area contributed by atoms with Crippen LogP contribution < -0.4 is 9.64 Å². The van der Waals surface area contributed by atoms with Crippen LogP contribution in [0.1, 0.15) is 11.1 Å². The Morgan fingerprint density at radius 2 is 1.66 bits per heavy atom. The molecule has 0 aromatic heterocycles. The molecule has 0 aliphatic carbocycles. The molecule has 8 heteroatoms. The second-order valence-corrected chi connectivity index (χ2v) is 11.6. The van der Waals surface area contributed by atoms with Crippen molar-refractivity contribution in [2.24, 2.45) is 0 Å². The summed E-state index contributed by atoms with van der Waals surface area (Å²) in [4.78, 5) is 15.6. The predicted molar refractivity (Wildman–Crippen MR) is 157 cm³/mol. The Bertz CT molecular complexity index is 1480. The van der Waals surface area contributed by atoms with Crippen LogP contribution in [-0.2, 0) is 11.4 Å². The lowest BCUT2D eigenvalue weighted by Gasteiger charge is -2.17. The fourth-order valence-electron chi connectivity index (χ4n) is 3.77. The van der Waals surface area contributed by atoms with Crippen molar-refractivity contribution in [2.75, 3.05) is 4.90 Å². The van der Waals surface area contributed by atoms with E-state index in [1.165, 1.54) is 11.8 Å². The third-order valence-electron chi connectivity index (χ3n) is 5.42. The highest BCUT2D eigenvalue weighted by Gasteiger charge is 2.34. The summed E-state index contributed by atoms with van der Waals surface area (Å²) in [5, 5.41) is 2.73. The van der Waals surface area contributed by atoms with Crippen molar-refractivity contribution in [3.8, 4) is 5.75 Å². The zero-order valence-corrected chi connectivity index (χ0v) is 23.6. The first-order valence-electron chi connectivity index (χ1n) is 10.5. The molecule has 4 aromatic carbocycles. The van der Waals surface area contributed by atoms with E-state index in [4.69, 9.17) is 28.6 Å². The molecular weight excluding hydrogens is 630 g/mol. The molecule has 4 aromatic rings. The molecule has 3 nitrogen and oxygen atoms in total. The molecule has 0 saturated carbocycles. The Morgan fingerprint density at radius 3 is 2.40 bits per heavy atom. The molecule has 35 heavy (non-hydrogen) atoms. The van der Waals surface area contributed by atoms with Crippen molar-refractivity contribution in [3.63, 3.8) is 0 Å². The zero-order chi connectivity index (χ0) is 24.5. The quantitative estimate of drug-likeness (QED) is 0.160. The van der Waals surface area contributed by atoms with Gasteiger partial charge in [-0.25, -0.2) is 0 Å². The Hall–Kier alpha value is -2.16. The minimum absolute atomic E-state index is 0.133. The monoisotopic (exact) mass is 643 g/mol. The molecule has 1 fully saturated rings. The SMILES string of the molecule is O=C1/C(=C/c2cc(Br)c(OCc3ccc(Cl)cc3)c(Br)c2)SC(=S)N1c1cccc2ccccc12. The van der Waals surface area contributed by atoms with Crippen LogP contribution in [0.25, 0.3) is 16.8 Å². The van der Waals surface area contributed by atoms with Gasteiger partial charge in [0.15, 0.2) is 4.32 Å². The summed E-state index contributed by atoms with van der Waals surface area (Å²) >= 11 is 20.1.